The topological polar surface area (TPSA) is 75.7 Å². The summed E-state index contributed by atoms with van der Waals surface area (Å²) in [5.74, 6) is 0. The molecule has 86 valence electrons. The van der Waals surface area contributed by atoms with E-state index in [1.807, 2.05) is 20.8 Å². The van der Waals surface area contributed by atoms with Gasteiger partial charge >= 0.3 is 0 Å². The van der Waals surface area contributed by atoms with Crippen LogP contribution in [0.2, 0.25) is 0 Å². The monoisotopic (exact) mass is 222 g/mol. The van der Waals surface area contributed by atoms with Gasteiger partial charge in [-0.2, -0.15) is 0 Å². The molecule has 0 saturated heterocycles. The Balaban J connectivity index is 3.11. The van der Waals surface area contributed by atoms with Gasteiger partial charge in [0.15, 0.2) is 0 Å². The van der Waals surface area contributed by atoms with Crippen LogP contribution in [0.5, 0.6) is 0 Å². The van der Waals surface area contributed by atoms with Gasteiger partial charge < -0.3 is 5.21 Å². The summed E-state index contributed by atoms with van der Waals surface area (Å²) in [6.07, 6.45) is 0. The van der Waals surface area contributed by atoms with Gasteiger partial charge in [0.05, 0.1) is 10.6 Å². The van der Waals surface area contributed by atoms with Crippen LogP contribution in [0.3, 0.4) is 0 Å². The first-order valence-corrected chi connectivity index (χ1v) is 4.83. The van der Waals surface area contributed by atoms with Gasteiger partial charge in [-0.25, -0.2) is 0 Å². The summed E-state index contributed by atoms with van der Waals surface area (Å²) in [7, 11) is 0. The van der Waals surface area contributed by atoms with E-state index in [0.29, 0.717) is 11.3 Å². The van der Waals surface area contributed by atoms with Crippen LogP contribution in [-0.2, 0) is 0 Å². The number of hydrogen-bond acceptors (Lipinski definition) is 4. The highest BCUT2D eigenvalue weighted by Gasteiger charge is 2.21. The molecule has 1 N–H and O–H groups in total. The van der Waals surface area contributed by atoms with Gasteiger partial charge in [-0.15, -0.1) is 0 Å². The number of hydrogen-bond donors (Lipinski definition) is 1. The van der Waals surface area contributed by atoms with Gasteiger partial charge in [0, 0.05) is 23.1 Å². The summed E-state index contributed by atoms with van der Waals surface area (Å²) in [5, 5.41) is 22.7. The molecule has 0 bridgehead atoms. The molecule has 1 aromatic carbocycles. The normalized spacial score (nSPS) is 12.6. The lowest BCUT2D eigenvalue weighted by Crippen LogP contribution is -2.21. The van der Waals surface area contributed by atoms with Crippen molar-refractivity contribution in [3.63, 3.8) is 0 Å². The maximum Gasteiger partial charge on any atom is 0.269 e. The maximum absolute atomic E-state index is 10.5. The number of nitrogens with zero attached hydrogens (tertiary/aromatic N) is 2. The third-order valence-electron chi connectivity index (χ3n) is 2.16. The average molecular weight is 222 g/mol. The fraction of sp³-hybridized carbons (Fsp3) is 0.364. The smallest absolute Gasteiger partial charge is 0.269 e. The Hall–Kier alpha value is -1.91. The van der Waals surface area contributed by atoms with Crippen molar-refractivity contribution in [2.75, 3.05) is 0 Å². The first-order valence-electron chi connectivity index (χ1n) is 4.83. The minimum absolute atomic E-state index is 0.0231. The second-order valence-electron chi connectivity index (χ2n) is 4.50. The molecule has 0 aliphatic heterocycles. The molecule has 0 aliphatic carbocycles. The van der Waals surface area contributed by atoms with E-state index in [2.05, 4.69) is 5.16 Å². The van der Waals surface area contributed by atoms with Crippen molar-refractivity contribution >= 4 is 11.4 Å². The molecule has 5 nitrogen and oxygen atoms in total. The second-order valence-corrected chi connectivity index (χ2v) is 4.50. The van der Waals surface area contributed by atoms with E-state index in [4.69, 9.17) is 5.21 Å². The standard InChI is InChI=1S/C11H14N2O3/c1-11(2,3)10(12-14)8-4-6-9(7-5-8)13(15)16/h4-7,14H,1-3H3. The molecule has 0 heterocycles. The lowest BCUT2D eigenvalue weighted by atomic mass is 9.86. The number of benzene rings is 1. The number of nitro groups is 1. The van der Waals surface area contributed by atoms with Gasteiger partial charge in [0.1, 0.15) is 0 Å². The van der Waals surface area contributed by atoms with Crippen LogP contribution in [-0.4, -0.2) is 15.8 Å². The maximum atomic E-state index is 10.5. The Kier molecular flexibility index (Phi) is 3.27. The highest BCUT2D eigenvalue weighted by atomic mass is 16.6. The molecule has 0 amide bonds. The second kappa shape index (κ2) is 4.30. The molecular formula is C11H14N2O3. The number of non-ortho nitro benzene ring substituents is 1. The van der Waals surface area contributed by atoms with Gasteiger partial charge in [-0.1, -0.05) is 25.9 Å². The Labute approximate surface area is 93.6 Å². The van der Waals surface area contributed by atoms with Crippen LogP contribution < -0.4 is 0 Å². The fourth-order valence-corrected chi connectivity index (χ4v) is 1.38. The van der Waals surface area contributed by atoms with Gasteiger partial charge in [-0.3, -0.25) is 10.1 Å². The summed E-state index contributed by atoms with van der Waals surface area (Å²) in [4.78, 5) is 10.0. The summed E-state index contributed by atoms with van der Waals surface area (Å²) in [5.41, 5.74) is 0.892. The van der Waals surface area contributed by atoms with Crippen molar-refractivity contribution in [1.29, 1.82) is 0 Å². The largest absolute Gasteiger partial charge is 0.411 e. The van der Waals surface area contributed by atoms with Gasteiger partial charge in [0.25, 0.3) is 5.69 Å². The van der Waals surface area contributed by atoms with Crippen molar-refractivity contribution in [1.82, 2.24) is 0 Å². The first kappa shape index (κ1) is 12.2. The molecule has 0 spiro atoms. The van der Waals surface area contributed by atoms with Gasteiger partial charge in [0.2, 0.25) is 0 Å². The van der Waals surface area contributed by atoms with E-state index < -0.39 is 4.92 Å². The van der Waals surface area contributed by atoms with Crippen molar-refractivity contribution in [2.24, 2.45) is 10.6 Å². The summed E-state index contributed by atoms with van der Waals surface area (Å²) < 4.78 is 0. The highest BCUT2D eigenvalue weighted by molar-refractivity contribution is 6.03. The molecular weight excluding hydrogens is 208 g/mol. The van der Waals surface area contributed by atoms with Crippen molar-refractivity contribution in [3.8, 4) is 0 Å². The molecule has 0 fully saturated rings. The number of nitro benzene ring substituents is 1. The molecule has 0 radical (unpaired) electrons. The molecule has 0 aromatic heterocycles. The van der Waals surface area contributed by atoms with Crippen LogP contribution in [0.15, 0.2) is 29.4 Å². The Morgan fingerprint density at radius 3 is 2.12 bits per heavy atom. The Bertz CT molecular complexity index is 416. The molecule has 5 heteroatoms. The summed E-state index contributed by atoms with van der Waals surface area (Å²) in [6, 6.07) is 5.95. The fourth-order valence-electron chi connectivity index (χ4n) is 1.38. The highest BCUT2D eigenvalue weighted by Crippen LogP contribution is 2.23. The van der Waals surface area contributed by atoms with Crippen LogP contribution >= 0.6 is 0 Å². The first-order chi connectivity index (χ1) is 7.36. The zero-order chi connectivity index (χ0) is 12.3. The molecule has 0 aliphatic rings. The lowest BCUT2D eigenvalue weighted by molar-refractivity contribution is -0.384. The molecule has 0 unspecified atom stereocenters. The molecule has 0 saturated carbocycles. The van der Waals surface area contributed by atoms with Crippen LogP contribution in [0.4, 0.5) is 5.69 Å². The van der Waals surface area contributed by atoms with Crippen molar-refractivity contribution in [2.45, 2.75) is 20.8 Å². The third-order valence-corrected chi connectivity index (χ3v) is 2.16. The van der Waals surface area contributed by atoms with Crippen LogP contribution in [0.25, 0.3) is 0 Å². The van der Waals surface area contributed by atoms with Crippen LogP contribution in [0.1, 0.15) is 26.3 Å². The third kappa shape index (κ3) is 2.56. The zero-order valence-corrected chi connectivity index (χ0v) is 9.47. The molecule has 1 rings (SSSR count). The van der Waals surface area contributed by atoms with Crippen molar-refractivity contribution in [3.05, 3.63) is 39.9 Å². The van der Waals surface area contributed by atoms with E-state index in [0.717, 1.165) is 0 Å². The van der Waals surface area contributed by atoms with E-state index in [-0.39, 0.29) is 11.1 Å². The number of rotatable bonds is 2. The Morgan fingerprint density at radius 1 is 1.31 bits per heavy atom. The van der Waals surface area contributed by atoms with E-state index in [9.17, 15) is 10.1 Å². The summed E-state index contributed by atoms with van der Waals surface area (Å²) >= 11 is 0. The minimum atomic E-state index is -0.462. The summed E-state index contributed by atoms with van der Waals surface area (Å²) in [6.45, 7) is 5.72. The van der Waals surface area contributed by atoms with Gasteiger partial charge in [-0.05, 0) is 12.1 Å². The van der Waals surface area contributed by atoms with Crippen LogP contribution in [0, 0.1) is 15.5 Å². The molecule has 1 aromatic rings. The minimum Gasteiger partial charge on any atom is -0.411 e. The Morgan fingerprint density at radius 2 is 1.81 bits per heavy atom. The van der Waals surface area contributed by atoms with E-state index in [1.165, 1.54) is 12.1 Å². The zero-order valence-electron chi connectivity index (χ0n) is 9.47. The molecule has 0 atom stereocenters. The predicted molar refractivity (Wildman–Crippen MR) is 60.9 cm³/mol. The average Bonchev–Trinajstić information content (AvgIpc) is 2.17. The predicted octanol–water partition coefficient (Wildman–Crippen LogP) is 2.82. The molecule has 16 heavy (non-hydrogen) atoms. The number of oxime groups is 1. The van der Waals surface area contributed by atoms with Crippen molar-refractivity contribution < 1.29 is 10.1 Å². The van der Waals surface area contributed by atoms with E-state index >= 15 is 0 Å². The SMILES string of the molecule is CC(C)(C)C(=NO)c1ccc([N+](=O)[O-])cc1. The lowest BCUT2D eigenvalue weighted by Gasteiger charge is -2.19. The van der Waals surface area contributed by atoms with E-state index in [1.54, 1.807) is 12.1 Å². The quantitative estimate of drug-likeness (QED) is 0.362.